The van der Waals surface area contributed by atoms with Crippen molar-refractivity contribution in [2.75, 3.05) is 32.7 Å². The third-order valence-corrected chi connectivity index (χ3v) is 4.34. The number of H-pyrrole nitrogens is 1. The Bertz CT molecular complexity index is 494. The summed E-state index contributed by atoms with van der Waals surface area (Å²) in [5.74, 6) is 0.706. The molecule has 2 rings (SSSR count). The van der Waals surface area contributed by atoms with E-state index in [9.17, 15) is 9.59 Å². The Hall–Kier alpha value is -1.62. The molecule has 1 amide bonds. The molecule has 5 heteroatoms. The number of likely N-dealkylation sites (tertiary alicyclic amines) is 1. The van der Waals surface area contributed by atoms with Crippen molar-refractivity contribution in [3.63, 3.8) is 0 Å². The topological polar surface area (TPSA) is 56.4 Å². The average Bonchev–Trinajstić information content (AvgIpc) is 2.53. The number of rotatable bonds is 5. The fourth-order valence-corrected chi connectivity index (χ4v) is 2.89. The van der Waals surface area contributed by atoms with Gasteiger partial charge in [0.25, 0.3) is 5.91 Å². The molecule has 0 saturated carbocycles. The van der Waals surface area contributed by atoms with Crippen molar-refractivity contribution in [1.29, 1.82) is 0 Å². The summed E-state index contributed by atoms with van der Waals surface area (Å²) in [6.07, 6.45) is 3.63. The Morgan fingerprint density at radius 2 is 1.95 bits per heavy atom. The first-order chi connectivity index (χ1) is 10.1. The molecule has 116 valence electrons. The van der Waals surface area contributed by atoms with Gasteiger partial charge in [-0.2, -0.15) is 0 Å². The van der Waals surface area contributed by atoms with Crippen LogP contribution >= 0.6 is 0 Å². The van der Waals surface area contributed by atoms with Crippen molar-refractivity contribution in [3.8, 4) is 0 Å². The SMILES string of the molecule is CCN(CC)CC1CCN(C(=O)c2ccc(=O)[nH]c2)CC1. The number of amides is 1. The Morgan fingerprint density at radius 1 is 1.29 bits per heavy atom. The lowest BCUT2D eigenvalue weighted by molar-refractivity contribution is 0.0669. The van der Waals surface area contributed by atoms with Crippen LogP contribution < -0.4 is 5.56 Å². The second kappa shape index (κ2) is 7.41. The second-order valence-electron chi connectivity index (χ2n) is 5.66. The van der Waals surface area contributed by atoms with Gasteiger partial charge in [0.05, 0.1) is 5.56 Å². The second-order valence-corrected chi connectivity index (χ2v) is 5.66. The van der Waals surface area contributed by atoms with Crippen LogP contribution in [0.3, 0.4) is 0 Å². The number of pyridine rings is 1. The zero-order valence-electron chi connectivity index (χ0n) is 13.0. The summed E-state index contributed by atoms with van der Waals surface area (Å²) >= 11 is 0. The van der Waals surface area contributed by atoms with Gasteiger partial charge in [0.1, 0.15) is 0 Å². The predicted octanol–water partition coefficient (Wildman–Crippen LogP) is 1.57. The van der Waals surface area contributed by atoms with Gasteiger partial charge >= 0.3 is 0 Å². The summed E-state index contributed by atoms with van der Waals surface area (Å²) in [5.41, 5.74) is 0.390. The van der Waals surface area contributed by atoms with Crippen molar-refractivity contribution in [2.24, 2.45) is 5.92 Å². The molecule has 0 aliphatic carbocycles. The zero-order chi connectivity index (χ0) is 15.2. The average molecular weight is 291 g/mol. The minimum absolute atomic E-state index is 0.0209. The highest BCUT2D eigenvalue weighted by Gasteiger charge is 2.24. The number of hydrogen-bond donors (Lipinski definition) is 1. The molecular weight excluding hydrogens is 266 g/mol. The number of nitrogens with one attached hydrogen (secondary N) is 1. The van der Waals surface area contributed by atoms with Crippen molar-refractivity contribution < 1.29 is 4.79 Å². The van der Waals surface area contributed by atoms with Gasteiger partial charge in [-0.1, -0.05) is 13.8 Å². The molecule has 1 saturated heterocycles. The van der Waals surface area contributed by atoms with E-state index in [-0.39, 0.29) is 11.5 Å². The lowest BCUT2D eigenvalue weighted by atomic mass is 9.95. The van der Waals surface area contributed by atoms with Crippen LogP contribution in [0.25, 0.3) is 0 Å². The molecule has 0 unspecified atom stereocenters. The molecule has 0 radical (unpaired) electrons. The summed E-state index contributed by atoms with van der Waals surface area (Å²) in [6.45, 7) is 9.32. The molecule has 21 heavy (non-hydrogen) atoms. The molecule has 1 aliphatic rings. The van der Waals surface area contributed by atoms with Crippen molar-refractivity contribution >= 4 is 5.91 Å². The molecule has 1 aliphatic heterocycles. The van der Waals surface area contributed by atoms with E-state index in [1.807, 2.05) is 4.90 Å². The predicted molar refractivity (Wildman–Crippen MR) is 83.5 cm³/mol. The van der Waals surface area contributed by atoms with Gasteiger partial charge in [0.2, 0.25) is 5.56 Å². The number of piperidine rings is 1. The van der Waals surface area contributed by atoms with Crippen LogP contribution in [0.1, 0.15) is 37.0 Å². The number of carbonyl (C=O) groups excluding carboxylic acids is 1. The highest BCUT2D eigenvalue weighted by atomic mass is 16.2. The maximum Gasteiger partial charge on any atom is 0.255 e. The van der Waals surface area contributed by atoms with Gasteiger partial charge in [-0.25, -0.2) is 0 Å². The molecule has 0 aromatic carbocycles. The Morgan fingerprint density at radius 3 is 2.48 bits per heavy atom. The summed E-state index contributed by atoms with van der Waals surface area (Å²) in [7, 11) is 0. The lowest BCUT2D eigenvalue weighted by Crippen LogP contribution is -2.41. The molecule has 0 bridgehead atoms. The van der Waals surface area contributed by atoms with E-state index in [1.54, 1.807) is 6.07 Å². The van der Waals surface area contributed by atoms with Crippen LogP contribution in [0.2, 0.25) is 0 Å². The van der Waals surface area contributed by atoms with E-state index in [1.165, 1.54) is 12.3 Å². The standard InChI is InChI=1S/C16H25N3O2/c1-3-18(4-2)12-13-7-9-19(10-8-13)16(21)14-5-6-15(20)17-11-14/h5-6,11,13H,3-4,7-10,12H2,1-2H3,(H,17,20). The molecule has 1 fully saturated rings. The fraction of sp³-hybridized carbons (Fsp3) is 0.625. The third kappa shape index (κ3) is 4.17. The monoisotopic (exact) mass is 291 g/mol. The van der Waals surface area contributed by atoms with Gasteiger partial charge in [0.15, 0.2) is 0 Å². The Balaban J connectivity index is 1.87. The zero-order valence-corrected chi connectivity index (χ0v) is 13.0. The largest absolute Gasteiger partial charge is 0.339 e. The van der Waals surface area contributed by atoms with Crippen LogP contribution in [0.5, 0.6) is 0 Å². The van der Waals surface area contributed by atoms with E-state index < -0.39 is 0 Å². The number of aromatic nitrogens is 1. The number of carbonyl (C=O) groups is 1. The quantitative estimate of drug-likeness (QED) is 0.896. The van der Waals surface area contributed by atoms with Crippen LogP contribution in [0, 0.1) is 5.92 Å². The summed E-state index contributed by atoms with van der Waals surface area (Å²) in [4.78, 5) is 30.3. The van der Waals surface area contributed by atoms with Gasteiger partial charge in [-0.15, -0.1) is 0 Å². The van der Waals surface area contributed by atoms with E-state index in [0.717, 1.165) is 45.6 Å². The first-order valence-electron chi connectivity index (χ1n) is 7.84. The molecule has 1 aromatic heterocycles. The van der Waals surface area contributed by atoms with Gasteiger partial charge in [-0.05, 0) is 37.9 Å². The summed E-state index contributed by atoms with van der Waals surface area (Å²) in [6, 6.07) is 3.00. The van der Waals surface area contributed by atoms with E-state index >= 15 is 0 Å². The Kier molecular flexibility index (Phi) is 5.56. The minimum Gasteiger partial charge on any atom is -0.339 e. The first kappa shape index (κ1) is 15.8. The van der Waals surface area contributed by atoms with Crippen LogP contribution in [-0.2, 0) is 0 Å². The number of hydrogen-bond acceptors (Lipinski definition) is 3. The van der Waals surface area contributed by atoms with Crippen molar-refractivity contribution in [2.45, 2.75) is 26.7 Å². The highest BCUT2D eigenvalue weighted by Crippen LogP contribution is 2.19. The summed E-state index contributed by atoms with van der Waals surface area (Å²) in [5, 5.41) is 0. The van der Waals surface area contributed by atoms with Crippen LogP contribution in [0.15, 0.2) is 23.1 Å². The lowest BCUT2D eigenvalue weighted by Gasteiger charge is -2.34. The first-order valence-corrected chi connectivity index (χ1v) is 7.84. The van der Waals surface area contributed by atoms with Gasteiger partial charge < -0.3 is 14.8 Å². The fourth-order valence-electron chi connectivity index (χ4n) is 2.89. The smallest absolute Gasteiger partial charge is 0.255 e. The highest BCUT2D eigenvalue weighted by molar-refractivity contribution is 5.93. The van der Waals surface area contributed by atoms with Crippen LogP contribution in [0.4, 0.5) is 0 Å². The summed E-state index contributed by atoms with van der Waals surface area (Å²) < 4.78 is 0. The molecule has 0 spiro atoms. The van der Waals surface area contributed by atoms with Crippen LogP contribution in [-0.4, -0.2) is 53.4 Å². The maximum atomic E-state index is 12.3. The number of nitrogens with zero attached hydrogens (tertiary/aromatic N) is 2. The molecule has 5 nitrogen and oxygen atoms in total. The number of aromatic amines is 1. The van der Waals surface area contributed by atoms with E-state index in [2.05, 4.69) is 23.7 Å². The van der Waals surface area contributed by atoms with Crippen molar-refractivity contribution in [3.05, 3.63) is 34.2 Å². The molecule has 1 aromatic rings. The van der Waals surface area contributed by atoms with E-state index in [4.69, 9.17) is 0 Å². The Labute approximate surface area is 126 Å². The minimum atomic E-state index is -0.176. The van der Waals surface area contributed by atoms with E-state index in [0.29, 0.717) is 11.5 Å². The molecule has 2 heterocycles. The third-order valence-electron chi connectivity index (χ3n) is 4.34. The normalized spacial score (nSPS) is 16.4. The van der Waals surface area contributed by atoms with Gasteiger partial charge in [0, 0.05) is 31.9 Å². The van der Waals surface area contributed by atoms with Gasteiger partial charge in [-0.3, -0.25) is 9.59 Å². The molecule has 0 atom stereocenters. The maximum absolute atomic E-state index is 12.3. The van der Waals surface area contributed by atoms with Crippen molar-refractivity contribution in [1.82, 2.24) is 14.8 Å². The molecule has 1 N–H and O–H groups in total. The molecular formula is C16H25N3O2.